The van der Waals surface area contributed by atoms with Crippen LogP contribution in [-0.2, 0) is 25.3 Å². The van der Waals surface area contributed by atoms with Crippen molar-refractivity contribution in [2.24, 2.45) is 5.92 Å². The van der Waals surface area contributed by atoms with Crippen LogP contribution in [0.4, 0.5) is 11.4 Å². The molecule has 1 saturated carbocycles. The maximum atomic E-state index is 13.3. The van der Waals surface area contributed by atoms with Gasteiger partial charge in [0, 0.05) is 36.1 Å². The second-order valence-corrected chi connectivity index (χ2v) is 11.3. The minimum atomic E-state index is -0.530. The lowest BCUT2D eigenvalue weighted by molar-refractivity contribution is -0.132. The molecule has 6 nitrogen and oxygen atoms in total. The molecule has 0 radical (unpaired) electrons. The summed E-state index contributed by atoms with van der Waals surface area (Å²) in [4.78, 5) is 29.8. The van der Waals surface area contributed by atoms with E-state index in [1.807, 2.05) is 42.7 Å². The number of amides is 2. The van der Waals surface area contributed by atoms with E-state index in [1.54, 1.807) is 19.3 Å². The molecule has 2 aromatic carbocycles. The molecule has 1 saturated heterocycles. The molecule has 3 aliphatic rings. The Morgan fingerprint density at radius 3 is 2.64 bits per heavy atom. The van der Waals surface area contributed by atoms with E-state index in [-0.39, 0.29) is 11.8 Å². The Balaban J connectivity index is 1.46. The molecule has 1 N–H and O–H groups in total. The maximum absolute atomic E-state index is 13.3. The van der Waals surface area contributed by atoms with Crippen LogP contribution in [0.2, 0.25) is 5.02 Å². The third kappa shape index (κ3) is 4.31. The van der Waals surface area contributed by atoms with Crippen LogP contribution >= 0.6 is 11.6 Å². The first-order valence-electron chi connectivity index (χ1n) is 12.6. The molecular weight excluding hydrogens is 474 g/mol. The average Bonchev–Trinajstić information content (AvgIpc) is 3.62. The van der Waals surface area contributed by atoms with Crippen molar-refractivity contribution in [1.82, 2.24) is 4.90 Å². The molecule has 36 heavy (non-hydrogen) atoms. The van der Waals surface area contributed by atoms with Crippen molar-refractivity contribution in [3.05, 3.63) is 70.3 Å². The van der Waals surface area contributed by atoms with Gasteiger partial charge in [-0.1, -0.05) is 35.9 Å². The molecule has 0 spiro atoms. The zero-order valence-electron chi connectivity index (χ0n) is 21.4. The summed E-state index contributed by atoms with van der Waals surface area (Å²) in [6.07, 6.45) is 5.68. The van der Waals surface area contributed by atoms with Crippen molar-refractivity contribution in [1.29, 1.82) is 0 Å². The average molecular weight is 508 g/mol. The fourth-order valence-corrected chi connectivity index (χ4v) is 5.67. The summed E-state index contributed by atoms with van der Waals surface area (Å²) in [7, 11) is 1.60. The van der Waals surface area contributed by atoms with Gasteiger partial charge in [0.2, 0.25) is 11.8 Å². The normalized spacial score (nSPS) is 20.0. The molecule has 0 unspecified atom stereocenters. The van der Waals surface area contributed by atoms with Gasteiger partial charge in [0.1, 0.15) is 0 Å². The molecule has 0 atom stereocenters. The van der Waals surface area contributed by atoms with E-state index >= 15 is 0 Å². The lowest BCUT2D eigenvalue weighted by Gasteiger charge is -2.51. The van der Waals surface area contributed by atoms with Crippen LogP contribution < -0.4 is 10.2 Å². The summed E-state index contributed by atoms with van der Waals surface area (Å²) in [6.45, 7) is 8.25. The lowest BCUT2D eigenvalue weighted by Crippen LogP contribution is -2.65. The van der Waals surface area contributed by atoms with Gasteiger partial charge in [0.25, 0.3) is 0 Å². The highest BCUT2D eigenvalue weighted by molar-refractivity contribution is 6.31. The van der Waals surface area contributed by atoms with Crippen LogP contribution in [0.3, 0.4) is 0 Å². The van der Waals surface area contributed by atoms with Crippen LogP contribution in [-0.4, -0.2) is 50.1 Å². The Hall–Kier alpha value is -2.83. The molecule has 2 heterocycles. The number of nitrogens with zero attached hydrogens (tertiary/aromatic N) is 2. The number of fused-ring (bicyclic) bond motifs is 1. The number of halogens is 1. The van der Waals surface area contributed by atoms with E-state index in [4.69, 9.17) is 16.3 Å². The van der Waals surface area contributed by atoms with E-state index in [9.17, 15) is 9.59 Å². The lowest BCUT2D eigenvalue weighted by atomic mass is 9.79. The number of rotatable bonds is 8. The maximum Gasteiger partial charge on any atom is 0.246 e. The van der Waals surface area contributed by atoms with E-state index in [1.165, 1.54) is 12.8 Å². The minimum absolute atomic E-state index is 0.0407. The van der Waals surface area contributed by atoms with Gasteiger partial charge in [0.15, 0.2) is 0 Å². The van der Waals surface area contributed by atoms with Crippen molar-refractivity contribution in [3.63, 3.8) is 0 Å². The summed E-state index contributed by atoms with van der Waals surface area (Å²) in [6, 6.07) is 12.2. The molecule has 2 aromatic rings. The standard InChI is InChI=1S/C29H34ClN3O3/c1-19-22(7-5-8-24(19)30)29(17-32(18-29)26(34)9-6-14-36-4)31-21-12-13-23-25(15-21)33(16-20-10-11-20)27(35)28(23,2)3/h5-9,12-13,15,20,31H,10-11,14,16-18H2,1-4H3/b9-6+. The Kier molecular flexibility index (Phi) is 6.38. The molecule has 7 heteroatoms. The van der Waals surface area contributed by atoms with Gasteiger partial charge in [0.05, 0.1) is 30.7 Å². The van der Waals surface area contributed by atoms with Crippen molar-refractivity contribution in [2.45, 2.75) is 44.6 Å². The molecule has 2 amide bonds. The molecule has 190 valence electrons. The molecule has 5 rings (SSSR count). The number of anilines is 2. The number of hydrogen-bond acceptors (Lipinski definition) is 4. The Bertz CT molecular complexity index is 1230. The van der Waals surface area contributed by atoms with Gasteiger partial charge in [-0.2, -0.15) is 0 Å². The van der Waals surface area contributed by atoms with Gasteiger partial charge in [-0.15, -0.1) is 0 Å². The van der Waals surface area contributed by atoms with Gasteiger partial charge < -0.3 is 19.9 Å². The smallest absolute Gasteiger partial charge is 0.246 e. The van der Waals surface area contributed by atoms with Gasteiger partial charge in [-0.05, 0) is 74.4 Å². The largest absolute Gasteiger partial charge is 0.381 e. The van der Waals surface area contributed by atoms with Crippen molar-refractivity contribution in [3.8, 4) is 0 Å². The molecular formula is C29H34ClN3O3. The second-order valence-electron chi connectivity index (χ2n) is 10.9. The fourth-order valence-electron chi connectivity index (χ4n) is 5.49. The number of likely N-dealkylation sites (tertiary alicyclic amines) is 1. The summed E-state index contributed by atoms with van der Waals surface area (Å²) in [5, 5.41) is 4.45. The third-order valence-corrected chi connectivity index (χ3v) is 8.21. The molecule has 0 bridgehead atoms. The summed E-state index contributed by atoms with van der Waals surface area (Å²) in [5.41, 5.74) is 4.07. The van der Waals surface area contributed by atoms with Crippen LogP contribution in [0.15, 0.2) is 48.6 Å². The number of methoxy groups -OCH3 is 1. The summed E-state index contributed by atoms with van der Waals surface area (Å²) < 4.78 is 5.02. The first-order chi connectivity index (χ1) is 17.2. The van der Waals surface area contributed by atoms with Crippen molar-refractivity contribution < 1.29 is 14.3 Å². The highest BCUT2D eigenvalue weighted by Crippen LogP contribution is 2.46. The quantitative estimate of drug-likeness (QED) is 0.509. The number of benzene rings is 2. The van der Waals surface area contributed by atoms with Gasteiger partial charge >= 0.3 is 0 Å². The van der Waals surface area contributed by atoms with Crippen molar-refractivity contribution >= 4 is 34.8 Å². The van der Waals surface area contributed by atoms with E-state index in [0.717, 1.165) is 34.6 Å². The zero-order valence-corrected chi connectivity index (χ0v) is 22.2. The van der Waals surface area contributed by atoms with Crippen LogP contribution in [0.25, 0.3) is 0 Å². The van der Waals surface area contributed by atoms with Crippen LogP contribution in [0.1, 0.15) is 43.4 Å². The number of hydrogen-bond donors (Lipinski definition) is 1. The monoisotopic (exact) mass is 507 g/mol. The fraction of sp³-hybridized carbons (Fsp3) is 0.448. The zero-order chi connectivity index (χ0) is 25.7. The third-order valence-electron chi connectivity index (χ3n) is 7.80. The van der Waals surface area contributed by atoms with Crippen LogP contribution in [0.5, 0.6) is 0 Å². The second kappa shape index (κ2) is 9.24. The number of carbonyl (C=O) groups is 2. The topological polar surface area (TPSA) is 61.9 Å². The first-order valence-corrected chi connectivity index (χ1v) is 13.0. The van der Waals surface area contributed by atoms with Crippen molar-refractivity contribution in [2.75, 3.05) is 43.6 Å². The van der Waals surface area contributed by atoms with E-state index in [2.05, 4.69) is 29.6 Å². The number of carbonyl (C=O) groups excluding carboxylic acids is 2. The number of nitrogens with one attached hydrogen (secondary N) is 1. The first kappa shape index (κ1) is 24.8. The van der Waals surface area contributed by atoms with Gasteiger partial charge in [-0.25, -0.2) is 0 Å². The highest BCUT2D eigenvalue weighted by Gasteiger charge is 2.48. The Morgan fingerprint density at radius 1 is 1.19 bits per heavy atom. The predicted octanol–water partition coefficient (Wildman–Crippen LogP) is 5.03. The minimum Gasteiger partial charge on any atom is -0.381 e. The Morgan fingerprint density at radius 2 is 1.94 bits per heavy atom. The van der Waals surface area contributed by atoms with Crippen LogP contribution in [0, 0.1) is 12.8 Å². The highest BCUT2D eigenvalue weighted by atomic mass is 35.5. The van der Waals surface area contributed by atoms with E-state index < -0.39 is 11.0 Å². The Labute approximate surface area is 218 Å². The molecule has 0 aromatic heterocycles. The SMILES string of the molecule is COC/C=C/C(=O)N1CC(Nc2ccc3c(c2)N(CC2CC2)C(=O)C3(C)C)(c2cccc(Cl)c2C)C1. The molecule has 1 aliphatic carbocycles. The molecule has 2 fully saturated rings. The summed E-state index contributed by atoms with van der Waals surface area (Å²) in [5.74, 6) is 0.733. The predicted molar refractivity (Wildman–Crippen MR) is 144 cm³/mol. The van der Waals surface area contributed by atoms with Gasteiger partial charge in [-0.3, -0.25) is 9.59 Å². The molecule has 2 aliphatic heterocycles. The summed E-state index contributed by atoms with van der Waals surface area (Å²) >= 11 is 6.51. The number of ether oxygens (including phenoxy) is 1. The van der Waals surface area contributed by atoms with E-state index in [0.29, 0.717) is 30.6 Å².